The van der Waals surface area contributed by atoms with Crippen molar-refractivity contribution in [2.75, 3.05) is 10.6 Å². The first-order valence-electron chi connectivity index (χ1n) is 13.6. The second kappa shape index (κ2) is 11.5. The molecule has 0 spiro atoms. The molecule has 212 valence electrons. The van der Waals surface area contributed by atoms with Crippen molar-refractivity contribution in [2.24, 2.45) is 13.0 Å². The van der Waals surface area contributed by atoms with E-state index in [-0.39, 0.29) is 23.4 Å². The average molecular weight is 582 g/mol. The molecule has 4 aromatic heterocycles. The van der Waals surface area contributed by atoms with Gasteiger partial charge < -0.3 is 10.6 Å². The molecular weight excluding hydrogens is 554 g/mol. The normalized spacial score (nSPS) is 17.0. The Labute approximate surface area is 246 Å². The third-order valence-electron chi connectivity index (χ3n) is 7.41. The number of carbonyl (C=O) groups is 1. The molecule has 2 atom stereocenters. The number of carbonyl (C=O) groups excluding carboxylic acids is 1. The van der Waals surface area contributed by atoms with Crippen molar-refractivity contribution < 1.29 is 4.79 Å². The Balaban J connectivity index is 1.40. The second-order valence-corrected chi connectivity index (χ2v) is 10.7. The first-order chi connectivity index (χ1) is 20.4. The molecule has 0 radical (unpaired) electrons. The Kier molecular flexibility index (Phi) is 7.49. The summed E-state index contributed by atoms with van der Waals surface area (Å²) in [6.45, 7) is 1.91. The SMILES string of the molecule is C[C@@H]1CCC[C@H](n2cnc(-c3cc(Cl)ccc3Nc3cnccn3)cc2=O)c2cc(ccn2)-c2c(cnn2C)NC1=O. The lowest BCUT2D eigenvalue weighted by molar-refractivity contribution is -0.119. The summed E-state index contributed by atoms with van der Waals surface area (Å²) in [6.07, 6.45) is 11.7. The topological polar surface area (TPSA) is 133 Å². The summed E-state index contributed by atoms with van der Waals surface area (Å²) in [6, 6.07) is 10.3. The lowest BCUT2D eigenvalue weighted by Gasteiger charge is -2.22. The van der Waals surface area contributed by atoms with Crippen LogP contribution in [-0.2, 0) is 11.8 Å². The summed E-state index contributed by atoms with van der Waals surface area (Å²) >= 11 is 6.34. The van der Waals surface area contributed by atoms with Crippen LogP contribution in [-0.4, -0.2) is 40.2 Å². The fourth-order valence-electron chi connectivity index (χ4n) is 5.21. The molecule has 1 aromatic carbocycles. The minimum absolute atomic E-state index is 0.0636. The van der Waals surface area contributed by atoms with Crippen LogP contribution >= 0.6 is 11.6 Å². The number of benzene rings is 1. The van der Waals surface area contributed by atoms with Crippen molar-refractivity contribution in [3.63, 3.8) is 0 Å². The second-order valence-electron chi connectivity index (χ2n) is 10.3. The zero-order valence-corrected chi connectivity index (χ0v) is 23.8. The summed E-state index contributed by atoms with van der Waals surface area (Å²) in [5.41, 5.74) is 4.53. The van der Waals surface area contributed by atoms with Gasteiger partial charge in [0.15, 0.2) is 0 Å². The Morgan fingerprint density at radius 2 is 1.88 bits per heavy atom. The molecule has 1 amide bonds. The number of rotatable bonds is 4. The van der Waals surface area contributed by atoms with E-state index in [2.05, 4.69) is 35.7 Å². The minimum Gasteiger partial charge on any atom is -0.338 e. The summed E-state index contributed by atoms with van der Waals surface area (Å²) in [4.78, 5) is 44.4. The van der Waals surface area contributed by atoms with Crippen LogP contribution in [0, 0.1) is 5.92 Å². The first-order valence-corrected chi connectivity index (χ1v) is 14.0. The zero-order chi connectivity index (χ0) is 29.2. The van der Waals surface area contributed by atoms with Crippen molar-refractivity contribution in [1.82, 2.24) is 34.3 Å². The van der Waals surface area contributed by atoms with Gasteiger partial charge in [0.05, 0.1) is 47.5 Å². The molecule has 12 heteroatoms. The molecule has 2 bridgehead atoms. The van der Waals surface area contributed by atoms with Gasteiger partial charge in [-0.25, -0.2) is 9.97 Å². The molecule has 5 aromatic rings. The third kappa shape index (κ3) is 5.51. The van der Waals surface area contributed by atoms with Crippen LogP contribution in [0.4, 0.5) is 17.2 Å². The van der Waals surface area contributed by atoms with Gasteiger partial charge in [0.2, 0.25) is 5.91 Å². The highest BCUT2D eigenvalue weighted by atomic mass is 35.5. The maximum atomic E-state index is 13.7. The number of amides is 1. The molecule has 6 rings (SSSR count). The van der Waals surface area contributed by atoms with Gasteiger partial charge in [-0.15, -0.1) is 0 Å². The number of hydrogen-bond donors (Lipinski definition) is 2. The quantitative estimate of drug-likeness (QED) is 0.294. The minimum atomic E-state index is -0.387. The highest BCUT2D eigenvalue weighted by molar-refractivity contribution is 6.31. The smallest absolute Gasteiger partial charge is 0.254 e. The predicted molar refractivity (Wildman–Crippen MR) is 160 cm³/mol. The Morgan fingerprint density at radius 3 is 2.69 bits per heavy atom. The van der Waals surface area contributed by atoms with Gasteiger partial charge in [0, 0.05) is 59.5 Å². The van der Waals surface area contributed by atoms with E-state index in [1.165, 1.54) is 6.07 Å². The Morgan fingerprint density at radius 1 is 1.00 bits per heavy atom. The summed E-state index contributed by atoms with van der Waals surface area (Å²) < 4.78 is 3.33. The largest absolute Gasteiger partial charge is 0.338 e. The molecule has 0 saturated carbocycles. The van der Waals surface area contributed by atoms with E-state index in [9.17, 15) is 9.59 Å². The van der Waals surface area contributed by atoms with Gasteiger partial charge in [0.25, 0.3) is 5.56 Å². The predicted octanol–water partition coefficient (Wildman–Crippen LogP) is 5.24. The number of hydrogen-bond acceptors (Lipinski definition) is 8. The van der Waals surface area contributed by atoms with E-state index in [0.29, 0.717) is 52.7 Å². The molecule has 0 unspecified atom stereocenters. The van der Waals surface area contributed by atoms with Gasteiger partial charge in [-0.2, -0.15) is 5.10 Å². The Hall–Kier alpha value is -4.90. The lowest BCUT2D eigenvalue weighted by Crippen LogP contribution is -2.27. The summed E-state index contributed by atoms with van der Waals surface area (Å²) in [5, 5.41) is 11.1. The van der Waals surface area contributed by atoms with Gasteiger partial charge in [-0.1, -0.05) is 24.9 Å². The van der Waals surface area contributed by atoms with E-state index < -0.39 is 0 Å². The zero-order valence-electron chi connectivity index (χ0n) is 23.0. The average Bonchev–Trinajstić information content (AvgIpc) is 3.36. The highest BCUT2D eigenvalue weighted by Crippen LogP contribution is 2.34. The van der Waals surface area contributed by atoms with Crippen LogP contribution in [0.15, 0.2) is 78.5 Å². The molecule has 1 aliphatic rings. The van der Waals surface area contributed by atoms with Gasteiger partial charge >= 0.3 is 0 Å². The van der Waals surface area contributed by atoms with Crippen LogP contribution in [0.5, 0.6) is 0 Å². The summed E-state index contributed by atoms with van der Waals surface area (Å²) in [7, 11) is 1.83. The summed E-state index contributed by atoms with van der Waals surface area (Å²) in [5.74, 6) is 0.268. The molecule has 2 N–H and O–H groups in total. The molecule has 11 nitrogen and oxygen atoms in total. The van der Waals surface area contributed by atoms with E-state index in [1.54, 1.807) is 58.7 Å². The number of nitrogens with one attached hydrogen (secondary N) is 2. The van der Waals surface area contributed by atoms with E-state index >= 15 is 0 Å². The van der Waals surface area contributed by atoms with Crippen LogP contribution < -0.4 is 16.2 Å². The van der Waals surface area contributed by atoms with Crippen molar-refractivity contribution in [1.29, 1.82) is 0 Å². The van der Waals surface area contributed by atoms with Gasteiger partial charge in [0.1, 0.15) is 5.82 Å². The molecule has 42 heavy (non-hydrogen) atoms. The van der Waals surface area contributed by atoms with Crippen molar-refractivity contribution in [2.45, 2.75) is 32.2 Å². The number of fused-ring (bicyclic) bond motifs is 4. The van der Waals surface area contributed by atoms with E-state index in [1.807, 2.05) is 32.2 Å². The highest BCUT2D eigenvalue weighted by Gasteiger charge is 2.24. The molecule has 0 aliphatic carbocycles. The number of aryl methyl sites for hydroxylation is 1. The van der Waals surface area contributed by atoms with E-state index in [0.717, 1.165) is 17.0 Å². The maximum absolute atomic E-state index is 13.7. The van der Waals surface area contributed by atoms with Gasteiger partial charge in [-0.05, 0) is 43.2 Å². The van der Waals surface area contributed by atoms with Crippen LogP contribution in [0.2, 0.25) is 5.02 Å². The van der Waals surface area contributed by atoms with Crippen LogP contribution in [0.1, 0.15) is 37.9 Å². The van der Waals surface area contributed by atoms with Crippen molar-refractivity contribution in [3.8, 4) is 22.5 Å². The molecule has 1 aliphatic heterocycles. The number of halogens is 1. The molecular formula is C30H28ClN9O2. The van der Waals surface area contributed by atoms with Crippen molar-refractivity contribution in [3.05, 3.63) is 94.8 Å². The fraction of sp³-hybridized carbons (Fsp3) is 0.233. The lowest BCUT2D eigenvalue weighted by atomic mass is 9.97. The van der Waals surface area contributed by atoms with Crippen LogP contribution in [0.3, 0.4) is 0 Å². The Bertz CT molecular complexity index is 1820. The van der Waals surface area contributed by atoms with E-state index in [4.69, 9.17) is 11.6 Å². The monoisotopic (exact) mass is 581 g/mol. The number of nitrogens with zero attached hydrogens (tertiary/aromatic N) is 7. The standard InChI is InChI=1S/C30H28ClN9O2/c1-18-4-3-5-26(24-12-19(8-9-33-24)29-25(38-30(18)42)15-36-39(29)2)40-17-35-23(14-28(40)41)21-13-20(31)6-7-22(21)37-27-16-32-10-11-34-27/h6-18,26H,3-5H2,1-2H3,(H,34,37)(H,38,42)/t18-,26+/m1/s1. The number of aromatic nitrogens is 7. The first kappa shape index (κ1) is 27.3. The maximum Gasteiger partial charge on any atom is 0.254 e. The molecule has 0 fully saturated rings. The number of pyridine rings is 1. The number of anilines is 3. The third-order valence-corrected chi connectivity index (χ3v) is 7.65. The van der Waals surface area contributed by atoms with Crippen LogP contribution in [0.25, 0.3) is 22.5 Å². The van der Waals surface area contributed by atoms with Gasteiger partial charge in [-0.3, -0.25) is 28.8 Å². The molecule has 0 saturated heterocycles. The van der Waals surface area contributed by atoms with Crippen molar-refractivity contribution >= 4 is 34.7 Å². The molecule has 5 heterocycles. The fourth-order valence-corrected chi connectivity index (χ4v) is 5.39.